The van der Waals surface area contributed by atoms with Crippen molar-refractivity contribution < 1.29 is 17.2 Å². The second kappa shape index (κ2) is 7.49. The standard InChI is InChI=1S/C16H21FN4O3S/c1-2-15-18-19-16(24-15)20-8-10-21(11-9-20)25(22,23)12-7-13-5-3-4-6-14(13)17/h3-6H,2,7-12H2,1H3. The highest BCUT2D eigenvalue weighted by atomic mass is 32.2. The van der Waals surface area contributed by atoms with E-state index < -0.39 is 10.0 Å². The van der Waals surface area contributed by atoms with E-state index in [2.05, 4.69) is 10.2 Å². The first-order valence-corrected chi connectivity index (χ1v) is 9.89. The fourth-order valence-corrected chi connectivity index (χ4v) is 4.20. The lowest BCUT2D eigenvalue weighted by atomic mass is 10.2. The van der Waals surface area contributed by atoms with Crippen LogP contribution in [0.2, 0.25) is 0 Å². The van der Waals surface area contributed by atoms with Crippen LogP contribution in [0.3, 0.4) is 0 Å². The fourth-order valence-electron chi connectivity index (χ4n) is 2.74. The molecule has 1 aliphatic rings. The third kappa shape index (κ3) is 4.16. The van der Waals surface area contributed by atoms with Crippen molar-refractivity contribution >= 4 is 16.0 Å². The van der Waals surface area contributed by atoms with E-state index in [0.29, 0.717) is 50.1 Å². The normalized spacial score (nSPS) is 16.3. The van der Waals surface area contributed by atoms with Gasteiger partial charge in [-0.15, -0.1) is 5.10 Å². The summed E-state index contributed by atoms with van der Waals surface area (Å²) in [5, 5.41) is 7.91. The molecule has 1 saturated heterocycles. The first-order chi connectivity index (χ1) is 12.0. The van der Waals surface area contributed by atoms with Gasteiger partial charge in [-0.05, 0) is 18.1 Å². The summed E-state index contributed by atoms with van der Waals surface area (Å²) in [5.74, 6) is 0.0923. The molecular weight excluding hydrogens is 347 g/mol. The molecule has 0 saturated carbocycles. The van der Waals surface area contributed by atoms with Crippen LogP contribution in [0.25, 0.3) is 0 Å². The number of halogens is 1. The zero-order chi connectivity index (χ0) is 17.9. The molecule has 1 fully saturated rings. The maximum absolute atomic E-state index is 13.6. The van der Waals surface area contributed by atoms with E-state index >= 15 is 0 Å². The molecule has 0 unspecified atom stereocenters. The average Bonchev–Trinajstić information content (AvgIpc) is 3.10. The van der Waals surface area contributed by atoms with Gasteiger partial charge in [0.25, 0.3) is 0 Å². The smallest absolute Gasteiger partial charge is 0.318 e. The molecule has 0 N–H and O–H groups in total. The lowest BCUT2D eigenvalue weighted by molar-refractivity contribution is 0.369. The molecule has 0 radical (unpaired) electrons. The summed E-state index contributed by atoms with van der Waals surface area (Å²) >= 11 is 0. The fraction of sp³-hybridized carbons (Fsp3) is 0.500. The minimum Gasteiger partial charge on any atom is -0.408 e. The SMILES string of the molecule is CCc1nnc(N2CCN(S(=O)(=O)CCc3ccccc3F)CC2)o1. The zero-order valence-electron chi connectivity index (χ0n) is 14.1. The third-order valence-electron chi connectivity index (χ3n) is 4.25. The number of aromatic nitrogens is 2. The van der Waals surface area contributed by atoms with Gasteiger partial charge in [0, 0.05) is 32.6 Å². The van der Waals surface area contributed by atoms with Gasteiger partial charge in [0.15, 0.2) is 0 Å². The van der Waals surface area contributed by atoms with Crippen molar-refractivity contribution in [1.82, 2.24) is 14.5 Å². The number of rotatable bonds is 6. The third-order valence-corrected chi connectivity index (χ3v) is 6.12. The molecule has 0 amide bonds. The Morgan fingerprint density at radius 3 is 2.52 bits per heavy atom. The van der Waals surface area contributed by atoms with Gasteiger partial charge < -0.3 is 9.32 Å². The number of aryl methyl sites for hydroxylation is 2. The second-order valence-corrected chi connectivity index (χ2v) is 7.96. The Balaban J connectivity index is 1.57. The van der Waals surface area contributed by atoms with Crippen molar-refractivity contribution in [2.45, 2.75) is 19.8 Å². The van der Waals surface area contributed by atoms with Gasteiger partial charge in [0.05, 0.1) is 5.75 Å². The van der Waals surface area contributed by atoms with Crippen LogP contribution in [-0.4, -0.2) is 54.9 Å². The highest BCUT2D eigenvalue weighted by molar-refractivity contribution is 7.89. The predicted molar refractivity (Wildman–Crippen MR) is 91.4 cm³/mol. The van der Waals surface area contributed by atoms with Gasteiger partial charge in [0.1, 0.15) is 5.82 Å². The number of nitrogens with zero attached hydrogens (tertiary/aromatic N) is 4. The van der Waals surface area contributed by atoms with E-state index in [4.69, 9.17) is 4.42 Å². The van der Waals surface area contributed by atoms with Crippen LogP contribution >= 0.6 is 0 Å². The largest absolute Gasteiger partial charge is 0.408 e. The number of piperazine rings is 1. The minimum absolute atomic E-state index is 0.103. The van der Waals surface area contributed by atoms with E-state index in [1.807, 2.05) is 11.8 Å². The number of hydrogen-bond donors (Lipinski definition) is 0. The van der Waals surface area contributed by atoms with Crippen molar-refractivity contribution in [2.75, 3.05) is 36.8 Å². The Labute approximate surface area is 146 Å². The Morgan fingerprint density at radius 2 is 1.88 bits per heavy atom. The molecule has 9 heteroatoms. The van der Waals surface area contributed by atoms with E-state index in [-0.39, 0.29) is 18.0 Å². The number of benzene rings is 1. The van der Waals surface area contributed by atoms with Crippen LogP contribution in [0.15, 0.2) is 28.7 Å². The maximum atomic E-state index is 13.6. The molecule has 0 spiro atoms. The molecule has 1 aromatic heterocycles. The second-order valence-electron chi connectivity index (χ2n) is 5.88. The van der Waals surface area contributed by atoms with Crippen molar-refractivity contribution in [3.05, 3.63) is 41.5 Å². The monoisotopic (exact) mass is 368 g/mol. The molecule has 136 valence electrons. The van der Waals surface area contributed by atoms with E-state index in [1.54, 1.807) is 18.2 Å². The molecule has 0 aliphatic carbocycles. The van der Waals surface area contributed by atoms with Crippen molar-refractivity contribution in [1.29, 1.82) is 0 Å². The highest BCUT2D eigenvalue weighted by Gasteiger charge is 2.28. The molecule has 2 heterocycles. The summed E-state index contributed by atoms with van der Waals surface area (Å²) in [4.78, 5) is 1.88. The molecule has 25 heavy (non-hydrogen) atoms. The Bertz CT molecular complexity index is 816. The highest BCUT2D eigenvalue weighted by Crippen LogP contribution is 2.17. The molecule has 3 rings (SSSR count). The molecule has 0 bridgehead atoms. The molecular formula is C16H21FN4O3S. The molecule has 1 aliphatic heterocycles. The summed E-state index contributed by atoms with van der Waals surface area (Å²) in [5.41, 5.74) is 0.419. The van der Waals surface area contributed by atoms with Gasteiger partial charge >= 0.3 is 6.01 Å². The van der Waals surface area contributed by atoms with Crippen LogP contribution in [-0.2, 0) is 22.9 Å². The van der Waals surface area contributed by atoms with Crippen LogP contribution < -0.4 is 4.90 Å². The summed E-state index contributed by atoms with van der Waals surface area (Å²) in [6, 6.07) is 6.69. The summed E-state index contributed by atoms with van der Waals surface area (Å²) in [7, 11) is -3.43. The van der Waals surface area contributed by atoms with Crippen LogP contribution in [0.5, 0.6) is 0 Å². The van der Waals surface area contributed by atoms with Crippen molar-refractivity contribution in [2.24, 2.45) is 0 Å². The van der Waals surface area contributed by atoms with Gasteiger partial charge in [-0.2, -0.15) is 4.31 Å². The molecule has 7 nitrogen and oxygen atoms in total. The molecule has 2 aromatic rings. The Kier molecular flexibility index (Phi) is 5.33. The first kappa shape index (κ1) is 17.8. The Morgan fingerprint density at radius 1 is 1.16 bits per heavy atom. The minimum atomic E-state index is -3.43. The molecule has 0 atom stereocenters. The topological polar surface area (TPSA) is 79.5 Å². The van der Waals surface area contributed by atoms with Crippen molar-refractivity contribution in [3.63, 3.8) is 0 Å². The summed E-state index contributed by atoms with van der Waals surface area (Å²) in [6.45, 7) is 3.61. The van der Waals surface area contributed by atoms with Gasteiger partial charge in [0.2, 0.25) is 15.9 Å². The van der Waals surface area contributed by atoms with Gasteiger partial charge in [-0.3, -0.25) is 0 Å². The van der Waals surface area contributed by atoms with Crippen LogP contribution in [0.4, 0.5) is 10.4 Å². The number of anilines is 1. The molecule has 1 aromatic carbocycles. The quantitative estimate of drug-likeness (QED) is 0.768. The van der Waals surface area contributed by atoms with E-state index in [1.165, 1.54) is 10.4 Å². The van der Waals surface area contributed by atoms with Gasteiger partial charge in [-0.1, -0.05) is 30.2 Å². The summed E-state index contributed by atoms with van der Waals surface area (Å²) < 4.78 is 45.6. The van der Waals surface area contributed by atoms with Crippen LogP contribution in [0, 0.1) is 5.82 Å². The van der Waals surface area contributed by atoms with Crippen LogP contribution in [0.1, 0.15) is 18.4 Å². The number of hydrogen-bond acceptors (Lipinski definition) is 6. The predicted octanol–water partition coefficient (Wildman–Crippen LogP) is 1.47. The average molecular weight is 368 g/mol. The van der Waals surface area contributed by atoms with Crippen molar-refractivity contribution in [3.8, 4) is 0 Å². The lowest BCUT2D eigenvalue weighted by Gasteiger charge is -2.32. The summed E-state index contributed by atoms with van der Waals surface area (Å²) in [6.07, 6.45) is 0.829. The zero-order valence-corrected chi connectivity index (χ0v) is 14.9. The van der Waals surface area contributed by atoms with E-state index in [0.717, 1.165) is 0 Å². The number of sulfonamides is 1. The Hall–Kier alpha value is -2.00. The van der Waals surface area contributed by atoms with Gasteiger partial charge in [-0.25, -0.2) is 12.8 Å². The first-order valence-electron chi connectivity index (χ1n) is 8.28. The lowest BCUT2D eigenvalue weighted by Crippen LogP contribution is -2.49. The maximum Gasteiger partial charge on any atom is 0.318 e. The van der Waals surface area contributed by atoms with E-state index in [9.17, 15) is 12.8 Å².